The van der Waals surface area contributed by atoms with Crippen LogP contribution >= 0.6 is 0 Å². The van der Waals surface area contributed by atoms with Crippen molar-refractivity contribution in [2.75, 3.05) is 0 Å². The summed E-state index contributed by atoms with van der Waals surface area (Å²) in [5.74, 6) is 0.567. The molecule has 0 spiro atoms. The molecule has 0 rings (SSSR count). The van der Waals surface area contributed by atoms with E-state index in [2.05, 4.69) is 33.2 Å². The summed E-state index contributed by atoms with van der Waals surface area (Å²) < 4.78 is 0. The molecule has 0 radical (unpaired) electrons. The molecule has 0 aliphatic carbocycles. The number of nitrogens with one attached hydrogen (secondary N) is 1. The molecular weight excluding hydrogens is 138 g/mol. The Balaban J connectivity index is 4.19. The Morgan fingerprint density at radius 1 is 1.27 bits per heavy atom. The zero-order valence-corrected chi connectivity index (χ0v) is 8.15. The van der Waals surface area contributed by atoms with Crippen molar-refractivity contribution in [2.45, 2.75) is 52.5 Å². The number of hydroxylamine groups is 1. The van der Waals surface area contributed by atoms with Crippen LogP contribution in [0.5, 0.6) is 0 Å². The highest BCUT2D eigenvalue weighted by Crippen LogP contribution is 2.26. The van der Waals surface area contributed by atoms with Crippen LogP contribution in [0.25, 0.3) is 0 Å². The molecule has 2 heteroatoms. The second-order valence-corrected chi connectivity index (χ2v) is 3.40. The van der Waals surface area contributed by atoms with Crippen LogP contribution in [-0.2, 0) is 0 Å². The van der Waals surface area contributed by atoms with E-state index in [0.29, 0.717) is 5.92 Å². The summed E-state index contributed by atoms with van der Waals surface area (Å²) in [6.45, 7) is 8.50. The topological polar surface area (TPSA) is 32.3 Å². The first-order chi connectivity index (χ1) is 5.14. The quantitative estimate of drug-likeness (QED) is 0.604. The lowest BCUT2D eigenvalue weighted by Gasteiger charge is -2.34. The highest BCUT2D eigenvalue weighted by atomic mass is 16.5. The van der Waals surface area contributed by atoms with Gasteiger partial charge in [-0.2, -0.15) is 5.48 Å². The van der Waals surface area contributed by atoms with E-state index in [0.717, 1.165) is 19.3 Å². The van der Waals surface area contributed by atoms with Crippen LogP contribution < -0.4 is 5.48 Å². The lowest BCUT2D eigenvalue weighted by atomic mass is 9.80. The molecule has 0 aromatic heterocycles. The van der Waals surface area contributed by atoms with Gasteiger partial charge in [-0.25, -0.2) is 0 Å². The lowest BCUT2D eigenvalue weighted by molar-refractivity contribution is 0.0280. The minimum Gasteiger partial charge on any atom is -0.316 e. The van der Waals surface area contributed by atoms with Crippen LogP contribution in [-0.4, -0.2) is 10.7 Å². The van der Waals surface area contributed by atoms with E-state index in [1.54, 1.807) is 0 Å². The fraction of sp³-hybridized carbons (Fsp3) is 1.00. The third kappa shape index (κ3) is 2.46. The number of rotatable bonds is 5. The first kappa shape index (κ1) is 10.9. The van der Waals surface area contributed by atoms with Crippen LogP contribution in [0.3, 0.4) is 0 Å². The largest absolute Gasteiger partial charge is 0.316 e. The van der Waals surface area contributed by atoms with Gasteiger partial charge in [0.1, 0.15) is 0 Å². The third-order valence-electron chi connectivity index (χ3n) is 2.88. The van der Waals surface area contributed by atoms with Crippen LogP contribution in [0.15, 0.2) is 0 Å². The zero-order valence-electron chi connectivity index (χ0n) is 8.15. The highest BCUT2D eigenvalue weighted by molar-refractivity contribution is 4.84. The number of hydrogen-bond acceptors (Lipinski definition) is 2. The van der Waals surface area contributed by atoms with Crippen LogP contribution in [0, 0.1) is 5.92 Å². The van der Waals surface area contributed by atoms with Gasteiger partial charge >= 0.3 is 0 Å². The van der Waals surface area contributed by atoms with Gasteiger partial charge in [0.15, 0.2) is 0 Å². The van der Waals surface area contributed by atoms with Crippen molar-refractivity contribution in [3.8, 4) is 0 Å². The van der Waals surface area contributed by atoms with Crippen LogP contribution in [0.1, 0.15) is 47.0 Å². The molecule has 0 aromatic carbocycles. The van der Waals surface area contributed by atoms with Crippen molar-refractivity contribution in [1.29, 1.82) is 0 Å². The molecule has 0 heterocycles. The average Bonchev–Trinajstić information content (AvgIpc) is 2.06. The molecule has 0 amide bonds. The predicted molar refractivity (Wildman–Crippen MR) is 47.7 cm³/mol. The van der Waals surface area contributed by atoms with Gasteiger partial charge in [0, 0.05) is 5.54 Å². The molecule has 0 saturated heterocycles. The lowest BCUT2D eigenvalue weighted by Crippen LogP contribution is -2.46. The van der Waals surface area contributed by atoms with E-state index in [1.807, 2.05) is 0 Å². The van der Waals surface area contributed by atoms with Gasteiger partial charge in [0.2, 0.25) is 0 Å². The molecule has 0 aliphatic heterocycles. The highest BCUT2D eigenvalue weighted by Gasteiger charge is 2.28. The summed E-state index contributed by atoms with van der Waals surface area (Å²) in [6.07, 6.45) is 3.21. The maximum absolute atomic E-state index is 8.97. The second-order valence-electron chi connectivity index (χ2n) is 3.40. The molecule has 2 nitrogen and oxygen atoms in total. The summed E-state index contributed by atoms with van der Waals surface area (Å²) in [4.78, 5) is 0. The van der Waals surface area contributed by atoms with E-state index < -0.39 is 0 Å². The van der Waals surface area contributed by atoms with E-state index in [1.165, 1.54) is 0 Å². The monoisotopic (exact) mass is 159 g/mol. The molecule has 0 aliphatic rings. The van der Waals surface area contributed by atoms with Crippen molar-refractivity contribution in [2.24, 2.45) is 5.92 Å². The Morgan fingerprint density at radius 2 is 1.73 bits per heavy atom. The van der Waals surface area contributed by atoms with Gasteiger partial charge < -0.3 is 5.21 Å². The summed E-state index contributed by atoms with van der Waals surface area (Å²) >= 11 is 0. The van der Waals surface area contributed by atoms with E-state index in [9.17, 15) is 0 Å². The third-order valence-corrected chi connectivity index (χ3v) is 2.88. The van der Waals surface area contributed by atoms with Crippen molar-refractivity contribution < 1.29 is 5.21 Å². The molecule has 1 atom stereocenters. The summed E-state index contributed by atoms with van der Waals surface area (Å²) in [6, 6.07) is 0. The standard InChI is InChI=1S/C9H21NO/c1-5-8(6-2)9(4,7-3)10-11/h8,10-11H,5-7H2,1-4H3. The predicted octanol–water partition coefficient (Wildman–Crippen LogP) is 2.57. The van der Waals surface area contributed by atoms with E-state index in [4.69, 9.17) is 5.21 Å². The molecule has 11 heavy (non-hydrogen) atoms. The number of hydrogen-bond donors (Lipinski definition) is 2. The Labute approximate surface area is 70.0 Å². The van der Waals surface area contributed by atoms with Crippen molar-refractivity contribution in [3.63, 3.8) is 0 Å². The summed E-state index contributed by atoms with van der Waals surface area (Å²) in [7, 11) is 0. The Bertz CT molecular complexity index is 95.7. The van der Waals surface area contributed by atoms with Gasteiger partial charge in [0.25, 0.3) is 0 Å². The second kappa shape index (κ2) is 4.73. The minimum atomic E-state index is -0.0938. The first-order valence-electron chi connectivity index (χ1n) is 4.55. The summed E-state index contributed by atoms with van der Waals surface area (Å²) in [5, 5.41) is 8.97. The molecule has 0 saturated carbocycles. The fourth-order valence-corrected chi connectivity index (χ4v) is 1.65. The van der Waals surface area contributed by atoms with Gasteiger partial charge in [-0.1, -0.05) is 33.6 Å². The smallest absolute Gasteiger partial charge is 0.0427 e. The normalized spacial score (nSPS) is 16.9. The van der Waals surface area contributed by atoms with Crippen molar-refractivity contribution >= 4 is 0 Å². The fourth-order valence-electron chi connectivity index (χ4n) is 1.65. The molecule has 0 fully saturated rings. The van der Waals surface area contributed by atoms with Crippen LogP contribution in [0.2, 0.25) is 0 Å². The van der Waals surface area contributed by atoms with E-state index >= 15 is 0 Å². The van der Waals surface area contributed by atoms with Gasteiger partial charge in [0.05, 0.1) is 0 Å². The Kier molecular flexibility index (Phi) is 4.69. The maximum atomic E-state index is 8.97. The molecular formula is C9H21NO. The Morgan fingerprint density at radius 3 is 1.82 bits per heavy atom. The molecule has 2 N–H and O–H groups in total. The van der Waals surface area contributed by atoms with E-state index in [-0.39, 0.29) is 5.54 Å². The van der Waals surface area contributed by atoms with Crippen molar-refractivity contribution in [3.05, 3.63) is 0 Å². The molecule has 0 aromatic rings. The summed E-state index contributed by atoms with van der Waals surface area (Å²) in [5.41, 5.74) is 2.34. The Hall–Kier alpha value is -0.0800. The minimum absolute atomic E-state index is 0.0938. The van der Waals surface area contributed by atoms with Gasteiger partial charge in [-0.3, -0.25) is 0 Å². The zero-order chi connectivity index (χ0) is 8.91. The van der Waals surface area contributed by atoms with Crippen molar-refractivity contribution in [1.82, 2.24) is 5.48 Å². The van der Waals surface area contributed by atoms with Gasteiger partial charge in [-0.05, 0) is 19.3 Å². The first-order valence-corrected chi connectivity index (χ1v) is 4.55. The SMILES string of the molecule is CCC(CC)C(C)(CC)NO. The molecule has 68 valence electrons. The van der Waals surface area contributed by atoms with Crippen LogP contribution in [0.4, 0.5) is 0 Å². The van der Waals surface area contributed by atoms with Gasteiger partial charge in [-0.15, -0.1) is 0 Å². The molecule has 1 unspecified atom stereocenters. The maximum Gasteiger partial charge on any atom is 0.0427 e. The average molecular weight is 159 g/mol. The molecule has 0 bridgehead atoms.